The van der Waals surface area contributed by atoms with Crippen molar-refractivity contribution in [1.82, 2.24) is 16.0 Å². The van der Waals surface area contributed by atoms with E-state index in [-0.39, 0.29) is 30.8 Å². The van der Waals surface area contributed by atoms with Crippen LogP contribution in [0.25, 0.3) is 0 Å². The summed E-state index contributed by atoms with van der Waals surface area (Å²) in [6.45, 7) is 1.49. The number of aliphatic carboxylic acids is 3. The molecule has 13 nitrogen and oxygen atoms in total. The first kappa shape index (κ1) is 36.1. The van der Waals surface area contributed by atoms with Gasteiger partial charge >= 0.3 is 17.9 Å². The summed E-state index contributed by atoms with van der Waals surface area (Å²) in [5, 5.41) is 34.0. The first-order valence-electron chi connectivity index (χ1n) is 13.3. The fraction of sp³-hybridized carbons (Fsp3) is 0.760. The topological polar surface area (TPSA) is 225 Å². The average molecular weight is 577 g/mol. The van der Waals surface area contributed by atoms with Gasteiger partial charge in [-0.25, -0.2) is 4.79 Å². The van der Waals surface area contributed by atoms with E-state index < -0.39 is 60.3 Å². The van der Waals surface area contributed by atoms with Gasteiger partial charge in [0.25, 0.3) is 0 Å². The molecule has 0 aliphatic heterocycles. The second kappa shape index (κ2) is 22.0. The fourth-order valence-corrected chi connectivity index (χ4v) is 4.52. The van der Waals surface area contributed by atoms with Crippen LogP contribution >= 0.6 is 11.8 Å². The number of rotatable bonds is 24. The molecule has 0 fully saturated rings. The van der Waals surface area contributed by atoms with Crippen LogP contribution in [-0.4, -0.2) is 87.1 Å². The molecule has 0 aromatic rings. The molecular weight excluding hydrogens is 532 g/mol. The van der Waals surface area contributed by atoms with Crippen LogP contribution in [0.15, 0.2) is 0 Å². The van der Waals surface area contributed by atoms with E-state index in [2.05, 4.69) is 22.9 Å². The van der Waals surface area contributed by atoms with Gasteiger partial charge in [-0.15, -0.1) is 0 Å². The Hall–Kier alpha value is -2.87. The molecule has 0 unspecified atom stereocenters. The van der Waals surface area contributed by atoms with E-state index in [1.165, 1.54) is 32.1 Å². The molecule has 39 heavy (non-hydrogen) atoms. The Morgan fingerprint density at radius 3 is 1.79 bits per heavy atom. The van der Waals surface area contributed by atoms with Crippen LogP contribution in [0.5, 0.6) is 0 Å². The minimum atomic E-state index is -1.29. The number of carboxylic acid groups (broad SMARTS) is 3. The fourth-order valence-electron chi connectivity index (χ4n) is 3.52. The number of carbonyl (C=O) groups is 6. The van der Waals surface area contributed by atoms with Crippen molar-refractivity contribution in [3.05, 3.63) is 0 Å². The zero-order chi connectivity index (χ0) is 29.6. The first-order valence-corrected chi connectivity index (χ1v) is 14.5. The van der Waals surface area contributed by atoms with Crippen molar-refractivity contribution in [2.75, 3.05) is 18.1 Å². The van der Waals surface area contributed by atoms with E-state index in [1.54, 1.807) is 0 Å². The Morgan fingerprint density at radius 1 is 0.718 bits per heavy atom. The maximum atomic E-state index is 12.4. The Kier molecular flexibility index (Phi) is 20.4. The van der Waals surface area contributed by atoms with Gasteiger partial charge in [-0.3, -0.25) is 24.0 Å². The summed E-state index contributed by atoms with van der Waals surface area (Å²) >= 11 is 0.977. The number of carbonyl (C=O) groups excluding carboxylic acids is 3. The minimum Gasteiger partial charge on any atom is -0.480 e. The predicted molar refractivity (Wildman–Crippen MR) is 146 cm³/mol. The van der Waals surface area contributed by atoms with E-state index in [9.17, 15) is 33.9 Å². The summed E-state index contributed by atoms with van der Waals surface area (Å²) in [6.07, 6.45) is 9.38. The molecule has 8 N–H and O–H groups in total. The van der Waals surface area contributed by atoms with Gasteiger partial charge in [0.15, 0.2) is 0 Å². The second-order valence-electron chi connectivity index (χ2n) is 9.29. The molecule has 0 bridgehead atoms. The lowest BCUT2D eigenvalue weighted by Crippen LogP contribution is -2.50. The Balaban J connectivity index is 4.61. The number of nitrogens with one attached hydrogen (secondary N) is 3. The van der Waals surface area contributed by atoms with Crippen LogP contribution in [0, 0.1) is 0 Å². The van der Waals surface area contributed by atoms with E-state index in [0.29, 0.717) is 6.42 Å². The number of amides is 3. The van der Waals surface area contributed by atoms with E-state index >= 15 is 0 Å². The summed E-state index contributed by atoms with van der Waals surface area (Å²) in [7, 11) is 0. The zero-order valence-electron chi connectivity index (χ0n) is 22.6. The average Bonchev–Trinajstić information content (AvgIpc) is 2.87. The molecule has 0 heterocycles. The molecule has 3 amide bonds. The lowest BCUT2D eigenvalue weighted by atomic mass is 10.1. The van der Waals surface area contributed by atoms with Crippen LogP contribution in [0.3, 0.4) is 0 Å². The second-order valence-corrected chi connectivity index (χ2v) is 10.4. The summed E-state index contributed by atoms with van der Waals surface area (Å²) < 4.78 is 0. The molecule has 0 spiro atoms. The maximum Gasteiger partial charge on any atom is 0.326 e. The number of carboxylic acids is 3. The summed E-state index contributed by atoms with van der Waals surface area (Å²) in [6, 6.07) is -3.68. The zero-order valence-corrected chi connectivity index (χ0v) is 23.4. The smallest absolute Gasteiger partial charge is 0.326 e. The quantitative estimate of drug-likeness (QED) is 0.0805. The van der Waals surface area contributed by atoms with Crippen molar-refractivity contribution in [3.63, 3.8) is 0 Å². The normalized spacial score (nSPS) is 13.1. The molecule has 14 heteroatoms. The van der Waals surface area contributed by atoms with Crippen LogP contribution in [0.2, 0.25) is 0 Å². The number of unbranched alkanes of at least 4 members (excludes halogenated alkanes) is 8. The number of hydrogen-bond acceptors (Lipinski definition) is 8. The van der Waals surface area contributed by atoms with Crippen molar-refractivity contribution < 1.29 is 44.1 Å². The first-order chi connectivity index (χ1) is 18.5. The maximum absolute atomic E-state index is 12.4. The van der Waals surface area contributed by atoms with E-state index in [0.717, 1.165) is 31.0 Å². The van der Waals surface area contributed by atoms with Crippen molar-refractivity contribution in [2.24, 2.45) is 5.73 Å². The van der Waals surface area contributed by atoms with E-state index in [4.69, 9.17) is 15.9 Å². The molecule has 0 saturated heterocycles. The Morgan fingerprint density at radius 2 is 1.26 bits per heavy atom. The highest BCUT2D eigenvalue weighted by molar-refractivity contribution is 7.99. The lowest BCUT2D eigenvalue weighted by Gasteiger charge is -2.19. The summed E-state index contributed by atoms with van der Waals surface area (Å²) in [5.74, 6) is -5.87. The van der Waals surface area contributed by atoms with Gasteiger partial charge < -0.3 is 37.0 Å². The predicted octanol–water partition coefficient (Wildman–Crippen LogP) is 1.09. The number of thioether (sulfide) groups is 1. The summed E-state index contributed by atoms with van der Waals surface area (Å²) in [5.41, 5.74) is 5.42. The van der Waals surface area contributed by atoms with Gasteiger partial charge in [0.2, 0.25) is 17.7 Å². The van der Waals surface area contributed by atoms with Crippen LogP contribution in [0.1, 0.15) is 84.0 Å². The Bertz CT molecular complexity index is 798. The molecule has 0 aliphatic carbocycles. The summed E-state index contributed by atoms with van der Waals surface area (Å²) in [4.78, 5) is 70.1. The molecule has 0 aromatic carbocycles. The third kappa shape index (κ3) is 19.8. The van der Waals surface area contributed by atoms with Crippen molar-refractivity contribution in [3.8, 4) is 0 Å². The molecule has 224 valence electrons. The highest BCUT2D eigenvalue weighted by Crippen LogP contribution is 2.11. The minimum absolute atomic E-state index is 0.0556. The van der Waals surface area contributed by atoms with Gasteiger partial charge in [0, 0.05) is 24.3 Å². The van der Waals surface area contributed by atoms with Gasteiger partial charge in [0.1, 0.15) is 24.7 Å². The Labute approximate surface area is 233 Å². The SMILES string of the molecule is CCCCCCCCCCCC(=O)N[C@H](CCC(=O)N[C@H](CSC[C@H](N)C(=O)O)C(=O)NCC(=O)O)C(=O)O. The van der Waals surface area contributed by atoms with Gasteiger partial charge in [-0.05, 0) is 12.8 Å². The molecule has 0 rings (SSSR count). The molecule has 3 atom stereocenters. The monoisotopic (exact) mass is 576 g/mol. The molecule has 0 aromatic heterocycles. The largest absolute Gasteiger partial charge is 0.480 e. The van der Waals surface area contributed by atoms with Crippen LogP contribution in [-0.2, 0) is 28.8 Å². The molecular formula is C25H44N4O9S. The van der Waals surface area contributed by atoms with Crippen molar-refractivity contribution >= 4 is 47.4 Å². The van der Waals surface area contributed by atoms with Crippen LogP contribution in [0.4, 0.5) is 0 Å². The molecule has 0 saturated carbocycles. The van der Waals surface area contributed by atoms with Gasteiger partial charge in [-0.1, -0.05) is 58.3 Å². The molecule has 0 radical (unpaired) electrons. The third-order valence-electron chi connectivity index (χ3n) is 5.77. The van der Waals surface area contributed by atoms with Crippen molar-refractivity contribution in [1.29, 1.82) is 0 Å². The van der Waals surface area contributed by atoms with Crippen molar-refractivity contribution in [2.45, 2.75) is 102 Å². The lowest BCUT2D eigenvalue weighted by molar-refractivity contribution is -0.142. The highest BCUT2D eigenvalue weighted by atomic mass is 32.2. The van der Waals surface area contributed by atoms with Gasteiger partial charge in [0.05, 0.1) is 0 Å². The van der Waals surface area contributed by atoms with Crippen LogP contribution < -0.4 is 21.7 Å². The highest BCUT2D eigenvalue weighted by Gasteiger charge is 2.25. The number of hydrogen-bond donors (Lipinski definition) is 7. The standard InChI is InChI=1S/C25H44N4O9S/c1-2-3-4-5-6-7-8-9-10-11-20(30)28-18(25(37)38)12-13-21(31)29-19(23(34)27-14-22(32)33)16-39-15-17(26)24(35)36/h17-19H,2-16,26H2,1H3,(H,27,34)(H,28,30)(H,29,31)(H,32,33)(H,35,36)(H,37,38)/t17-,18+,19+/m0/s1. The molecule has 0 aliphatic rings. The van der Waals surface area contributed by atoms with E-state index in [1.807, 2.05) is 0 Å². The number of nitrogens with two attached hydrogens (primary N) is 1. The third-order valence-corrected chi connectivity index (χ3v) is 6.93. The van der Waals surface area contributed by atoms with Gasteiger partial charge in [-0.2, -0.15) is 11.8 Å².